The zero-order chi connectivity index (χ0) is 7.11. The van der Waals surface area contributed by atoms with Gasteiger partial charge in [0, 0.05) is 6.61 Å². The van der Waals surface area contributed by atoms with E-state index in [1.807, 2.05) is 19.1 Å². The Bertz CT molecular complexity index is 79.0. The first-order valence-corrected chi connectivity index (χ1v) is 3.21. The molecule has 0 spiro atoms. The number of aliphatic hydroxyl groups excluding tert-OH is 2. The molecule has 0 aliphatic carbocycles. The molecular weight excluding hydrogens is 116 g/mol. The standard InChI is InChI=1S/C7H14O2/c1-2-3-4-7(9)5-6-8/h2-3,7-9H,4-6H2,1H3. The van der Waals surface area contributed by atoms with Gasteiger partial charge in [-0.25, -0.2) is 0 Å². The largest absolute Gasteiger partial charge is 0.396 e. The summed E-state index contributed by atoms with van der Waals surface area (Å²) < 4.78 is 0. The zero-order valence-electron chi connectivity index (χ0n) is 5.75. The molecule has 1 unspecified atom stereocenters. The molecule has 1 atom stereocenters. The lowest BCUT2D eigenvalue weighted by atomic mass is 10.2. The lowest BCUT2D eigenvalue weighted by Gasteiger charge is -2.02. The lowest BCUT2D eigenvalue weighted by Crippen LogP contribution is -2.06. The van der Waals surface area contributed by atoms with Crippen molar-refractivity contribution >= 4 is 0 Å². The van der Waals surface area contributed by atoms with Crippen molar-refractivity contribution < 1.29 is 10.2 Å². The third-order valence-electron chi connectivity index (χ3n) is 1.11. The molecule has 2 nitrogen and oxygen atoms in total. The van der Waals surface area contributed by atoms with Crippen molar-refractivity contribution in [1.82, 2.24) is 0 Å². The molecule has 0 aromatic heterocycles. The van der Waals surface area contributed by atoms with Gasteiger partial charge in [-0.2, -0.15) is 0 Å². The fraction of sp³-hybridized carbons (Fsp3) is 0.714. The van der Waals surface area contributed by atoms with E-state index in [0.717, 1.165) is 0 Å². The van der Waals surface area contributed by atoms with Crippen LogP contribution < -0.4 is 0 Å². The first kappa shape index (κ1) is 8.66. The van der Waals surface area contributed by atoms with Crippen LogP contribution in [0.25, 0.3) is 0 Å². The Morgan fingerprint density at radius 1 is 1.56 bits per heavy atom. The molecule has 0 saturated carbocycles. The normalized spacial score (nSPS) is 14.6. The molecule has 2 N–H and O–H groups in total. The quantitative estimate of drug-likeness (QED) is 0.550. The van der Waals surface area contributed by atoms with Crippen LogP contribution in [-0.4, -0.2) is 22.9 Å². The summed E-state index contributed by atoms with van der Waals surface area (Å²) >= 11 is 0. The van der Waals surface area contributed by atoms with E-state index >= 15 is 0 Å². The van der Waals surface area contributed by atoms with Gasteiger partial charge in [0.15, 0.2) is 0 Å². The molecule has 0 bridgehead atoms. The second-order valence-electron chi connectivity index (χ2n) is 1.97. The van der Waals surface area contributed by atoms with E-state index in [4.69, 9.17) is 10.2 Å². The van der Waals surface area contributed by atoms with Gasteiger partial charge >= 0.3 is 0 Å². The second-order valence-corrected chi connectivity index (χ2v) is 1.97. The van der Waals surface area contributed by atoms with Crippen molar-refractivity contribution in [2.75, 3.05) is 6.61 Å². The highest BCUT2D eigenvalue weighted by Crippen LogP contribution is 1.96. The number of aliphatic hydroxyl groups is 2. The summed E-state index contributed by atoms with van der Waals surface area (Å²) in [6.07, 6.45) is 4.54. The van der Waals surface area contributed by atoms with Crippen molar-refractivity contribution in [3.05, 3.63) is 12.2 Å². The van der Waals surface area contributed by atoms with Crippen molar-refractivity contribution in [2.45, 2.75) is 25.9 Å². The Morgan fingerprint density at radius 2 is 2.22 bits per heavy atom. The first-order chi connectivity index (χ1) is 4.31. The van der Waals surface area contributed by atoms with E-state index in [9.17, 15) is 0 Å². The van der Waals surface area contributed by atoms with E-state index in [1.54, 1.807) is 0 Å². The average Bonchev–Trinajstić information content (AvgIpc) is 1.85. The topological polar surface area (TPSA) is 40.5 Å². The maximum Gasteiger partial charge on any atom is 0.0596 e. The minimum absolute atomic E-state index is 0.0682. The summed E-state index contributed by atoms with van der Waals surface area (Å²) in [5.41, 5.74) is 0. The van der Waals surface area contributed by atoms with Crippen LogP contribution in [0.4, 0.5) is 0 Å². The molecule has 0 heterocycles. The second kappa shape index (κ2) is 5.79. The predicted octanol–water partition coefficient (Wildman–Crippen LogP) is 0.696. The summed E-state index contributed by atoms with van der Waals surface area (Å²) in [4.78, 5) is 0. The molecule has 0 rings (SSSR count). The van der Waals surface area contributed by atoms with Gasteiger partial charge in [0.1, 0.15) is 0 Å². The Labute approximate surface area is 55.8 Å². The Kier molecular flexibility index (Phi) is 5.57. The van der Waals surface area contributed by atoms with Crippen LogP contribution in [-0.2, 0) is 0 Å². The van der Waals surface area contributed by atoms with E-state index < -0.39 is 0 Å². The van der Waals surface area contributed by atoms with Gasteiger partial charge in [0.2, 0.25) is 0 Å². The van der Waals surface area contributed by atoms with Gasteiger partial charge in [-0.1, -0.05) is 12.2 Å². The maximum atomic E-state index is 8.97. The van der Waals surface area contributed by atoms with E-state index in [0.29, 0.717) is 12.8 Å². The smallest absolute Gasteiger partial charge is 0.0596 e. The van der Waals surface area contributed by atoms with Gasteiger partial charge < -0.3 is 10.2 Å². The molecule has 0 aromatic rings. The number of rotatable bonds is 4. The van der Waals surface area contributed by atoms with Crippen molar-refractivity contribution in [3.63, 3.8) is 0 Å². The highest BCUT2D eigenvalue weighted by atomic mass is 16.3. The number of hydrogen-bond acceptors (Lipinski definition) is 2. The van der Waals surface area contributed by atoms with Gasteiger partial charge in [-0.15, -0.1) is 0 Å². The van der Waals surface area contributed by atoms with Crippen molar-refractivity contribution in [3.8, 4) is 0 Å². The molecule has 9 heavy (non-hydrogen) atoms. The van der Waals surface area contributed by atoms with Crippen LogP contribution in [0.3, 0.4) is 0 Å². The summed E-state index contributed by atoms with van der Waals surface area (Å²) in [5.74, 6) is 0. The maximum absolute atomic E-state index is 8.97. The van der Waals surface area contributed by atoms with Crippen LogP contribution in [0.2, 0.25) is 0 Å². The fourth-order valence-corrected chi connectivity index (χ4v) is 0.560. The summed E-state index contributed by atoms with van der Waals surface area (Å²) in [6.45, 7) is 1.98. The zero-order valence-corrected chi connectivity index (χ0v) is 5.75. The molecule has 0 radical (unpaired) electrons. The van der Waals surface area contributed by atoms with Crippen LogP contribution in [0, 0.1) is 0 Å². The third-order valence-corrected chi connectivity index (χ3v) is 1.11. The monoisotopic (exact) mass is 130 g/mol. The highest BCUT2D eigenvalue weighted by molar-refractivity contribution is 4.79. The predicted molar refractivity (Wildman–Crippen MR) is 37.1 cm³/mol. The molecule has 0 aliphatic heterocycles. The third kappa shape index (κ3) is 5.53. The Morgan fingerprint density at radius 3 is 2.67 bits per heavy atom. The lowest BCUT2D eigenvalue weighted by molar-refractivity contribution is 0.135. The fourth-order valence-electron chi connectivity index (χ4n) is 0.560. The van der Waals surface area contributed by atoms with Crippen LogP contribution in [0.5, 0.6) is 0 Å². The summed E-state index contributed by atoms with van der Waals surface area (Å²) in [5, 5.41) is 17.3. The van der Waals surface area contributed by atoms with Crippen LogP contribution >= 0.6 is 0 Å². The van der Waals surface area contributed by atoms with E-state index in [2.05, 4.69) is 0 Å². The molecule has 0 amide bonds. The molecule has 0 aliphatic rings. The minimum Gasteiger partial charge on any atom is -0.396 e. The number of allylic oxidation sites excluding steroid dienone is 1. The SMILES string of the molecule is CC=CCC(O)CCO. The Hall–Kier alpha value is -0.340. The van der Waals surface area contributed by atoms with Gasteiger partial charge in [0.05, 0.1) is 6.10 Å². The summed E-state index contributed by atoms with van der Waals surface area (Å²) in [6, 6.07) is 0. The molecule has 54 valence electrons. The summed E-state index contributed by atoms with van der Waals surface area (Å²) in [7, 11) is 0. The molecule has 0 saturated heterocycles. The first-order valence-electron chi connectivity index (χ1n) is 3.21. The van der Waals surface area contributed by atoms with Gasteiger partial charge in [0.25, 0.3) is 0 Å². The van der Waals surface area contributed by atoms with Crippen LogP contribution in [0.15, 0.2) is 12.2 Å². The average molecular weight is 130 g/mol. The van der Waals surface area contributed by atoms with Gasteiger partial charge in [-0.3, -0.25) is 0 Å². The minimum atomic E-state index is -0.369. The van der Waals surface area contributed by atoms with E-state index in [1.165, 1.54) is 0 Å². The Balaban J connectivity index is 3.15. The highest BCUT2D eigenvalue weighted by Gasteiger charge is 1.97. The number of hydrogen-bond donors (Lipinski definition) is 2. The van der Waals surface area contributed by atoms with E-state index in [-0.39, 0.29) is 12.7 Å². The molecule has 0 aromatic carbocycles. The van der Waals surface area contributed by atoms with Gasteiger partial charge in [-0.05, 0) is 19.8 Å². The van der Waals surface area contributed by atoms with Crippen molar-refractivity contribution in [1.29, 1.82) is 0 Å². The molecule has 2 heteroatoms. The molecule has 0 fully saturated rings. The molecular formula is C7H14O2. The van der Waals surface area contributed by atoms with Crippen molar-refractivity contribution in [2.24, 2.45) is 0 Å². The van der Waals surface area contributed by atoms with Crippen LogP contribution in [0.1, 0.15) is 19.8 Å².